The fourth-order valence-electron chi connectivity index (χ4n) is 0.986. The largest absolute Gasteiger partial charge is 0.370 e. The zero-order chi connectivity index (χ0) is 7.45. The quantitative estimate of drug-likeness (QED) is 0.483. The highest BCUT2D eigenvalue weighted by Gasteiger charge is 2.28. The van der Waals surface area contributed by atoms with Gasteiger partial charge < -0.3 is 4.74 Å². The molecule has 0 atom stereocenters. The van der Waals surface area contributed by atoms with Gasteiger partial charge in [-0.3, -0.25) is 4.79 Å². The van der Waals surface area contributed by atoms with Gasteiger partial charge in [0, 0.05) is 0 Å². The summed E-state index contributed by atoms with van der Waals surface area (Å²) in [5, 5.41) is 0. The lowest BCUT2D eigenvalue weighted by atomic mass is 10.4. The van der Waals surface area contributed by atoms with Gasteiger partial charge in [0.2, 0.25) is 0 Å². The van der Waals surface area contributed by atoms with E-state index in [0.29, 0.717) is 23.8 Å². The van der Waals surface area contributed by atoms with E-state index in [1.807, 2.05) is 0 Å². The highest BCUT2D eigenvalue weighted by atomic mass is 35.5. The third-order valence-corrected chi connectivity index (χ3v) is 2.15. The second kappa shape index (κ2) is 4.93. The van der Waals surface area contributed by atoms with Gasteiger partial charge in [0.05, 0.1) is 13.2 Å². The molecule has 1 aliphatic heterocycles. The molecular formula is C6H12Cl2NO2+. The number of halogens is 2. The summed E-state index contributed by atoms with van der Waals surface area (Å²) in [6, 6.07) is 0. The van der Waals surface area contributed by atoms with Crippen LogP contribution in [0.2, 0.25) is 0 Å². The Morgan fingerprint density at radius 3 is 2.45 bits per heavy atom. The van der Waals surface area contributed by atoms with Gasteiger partial charge in [-0.25, -0.2) is 4.00 Å². The van der Waals surface area contributed by atoms with Crippen LogP contribution in [0.25, 0.3) is 0 Å². The highest BCUT2D eigenvalue weighted by Crippen LogP contribution is 2.13. The molecule has 0 aromatic heterocycles. The van der Waals surface area contributed by atoms with E-state index in [0.717, 1.165) is 19.4 Å². The van der Waals surface area contributed by atoms with Crippen molar-refractivity contribution in [2.24, 2.45) is 0 Å². The number of rotatable bonds is 2. The van der Waals surface area contributed by atoms with Crippen LogP contribution in [0.5, 0.6) is 0 Å². The predicted molar refractivity (Wildman–Crippen MR) is 44.8 cm³/mol. The van der Waals surface area contributed by atoms with Crippen molar-refractivity contribution in [2.75, 3.05) is 32.8 Å². The molecule has 0 aromatic rings. The van der Waals surface area contributed by atoms with E-state index in [9.17, 15) is 4.79 Å². The molecule has 0 radical (unpaired) electrons. The Bertz CT molecular complexity index is 126. The monoisotopic (exact) mass is 200 g/mol. The summed E-state index contributed by atoms with van der Waals surface area (Å²) >= 11 is 6.00. The van der Waals surface area contributed by atoms with Crippen molar-refractivity contribution in [1.29, 1.82) is 0 Å². The van der Waals surface area contributed by atoms with Gasteiger partial charge in [-0.2, -0.15) is 0 Å². The Hall–Kier alpha value is 0.170. The Labute approximate surface area is 77.4 Å². The number of nitrogens with zero attached hydrogens (tertiary/aromatic N) is 1. The molecule has 0 aromatic carbocycles. The minimum absolute atomic E-state index is 0. The van der Waals surface area contributed by atoms with Crippen LogP contribution >= 0.6 is 24.2 Å². The molecule has 11 heavy (non-hydrogen) atoms. The summed E-state index contributed by atoms with van der Waals surface area (Å²) in [6.07, 6.45) is 0.859. The fraction of sp³-hybridized carbons (Fsp3) is 0.833. The van der Waals surface area contributed by atoms with Crippen molar-refractivity contribution in [1.82, 2.24) is 0 Å². The molecule has 3 nitrogen and oxygen atoms in total. The number of quaternary nitrogens is 1. The van der Waals surface area contributed by atoms with E-state index in [-0.39, 0.29) is 12.4 Å². The third-order valence-electron chi connectivity index (χ3n) is 1.67. The van der Waals surface area contributed by atoms with Gasteiger partial charge in [-0.1, -0.05) is 0 Å². The number of morpholine rings is 1. The van der Waals surface area contributed by atoms with Crippen LogP contribution in [0.1, 0.15) is 0 Å². The highest BCUT2D eigenvalue weighted by molar-refractivity contribution is 6.07. The van der Waals surface area contributed by atoms with Crippen LogP contribution < -0.4 is 0 Å². The average Bonchev–Trinajstić information content (AvgIpc) is 1.89. The topological polar surface area (TPSA) is 26.3 Å². The summed E-state index contributed by atoms with van der Waals surface area (Å²) in [5.74, 6) is 0. The van der Waals surface area contributed by atoms with E-state index in [1.54, 1.807) is 0 Å². The number of ether oxygens (including phenoxy) is 1. The SMILES string of the molecule is Cl.O=CC[N+]1(Cl)CCOCC1. The molecule has 0 bridgehead atoms. The van der Waals surface area contributed by atoms with E-state index >= 15 is 0 Å². The first-order valence-corrected chi connectivity index (χ1v) is 3.68. The first-order valence-electron chi connectivity index (χ1n) is 3.34. The van der Waals surface area contributed by atoms with Crippen LogP contribution in [0.4, 0.5) is 0 Å². The van der Waals surface area contributed by atoms with Crippen LogP contribution in [-0.2, 0) is 9.53 Å². The maximum absolute atomic E-state index is 10.1. The van der Waals surface area contributed by atoms with Crippen molar-refractivity contribution in [3.8, 4) is 0 Å². The van der Waals surface area contributed by atoms with Gasteiger partial charge >= 0.3 is 0 Å². The van der Waals surface area contributed by atoms with Gasteiger partial charge in [0.25, 0.3) is 0 Å². The number of carbonyl (C=O) groups is 1. The Balaban J connectivity index is 0.000001000. The fourth-order valence-corrected chi connectivity index (χ4v) is 1.18. The van der Waals surface area contributed by atoms with Gasteiger partial charge in [-0.05, 0) is 0 Å². The second-order valence-corrected chi connectivity index (χ2v) is 3.16. The summed E-state index contributed by atoms with van der Waals surface area (Å²) in [6.45, 7) is 3.19. The van der Waals surface area contributed by atoms with Crippen molar-refractivity contribution in [3.05, 3.63) is 0 Å². The summed E-state index contributed by atoms with van der Waals surface area (Å²) in [7, 11) is 0. The minimum Gasteiger partial charge on any atom is -0.370 e. The Kier molecular flexibility index (Phi) is 5.01. The standard InChI is InChI=1S/C6H11ClNO2.ClH/c7-8(1-4-9)2-5-10-6-3-8;/h4H,1-3,5-6H2;1H/q+1;. The Morgan fingerprint density at radius 1 is 1.45 bits per heavy atom. The maximum Gasteiger partial charge on any atom is 0.175 e. The zero-order valence-electron chi connectivity index (χ0n) is 6.16. The number of aldehydes is 1. The first-order chi connectivity index (χ1) is 4.77. The lowest BCUT2D eigenvalue weighted by Crippen LogP contribution is -2.48. The molecule has 0 aliphatic carbocycles. The Morgan fingerprint density at radius 2 is 2.00 bits per heavy atom. The smallest absolute Gasteiger partial charge is 0.175 e. The van der Waals surface area contributed by atoms with E-state index in [1.165, 1.54) is 0 Å². The second-order valence-electron chi connectivity index (χ2n) is 2.44. The molecule has 1 saturated heterocycles. The summed E-state index contributed by atoms with van der Waals surface area (Å²) in [5.41, 5.74) is 0. The van der Waals surface area contributed by atoms with Gasteiger partial charge in [0.1, 0.15) is 13.1 Å². The van der Waals surface area contributed by atoms with Gasteiger partial charge in [-0.15, -0.1) is 12.4 Å². The number of hydrogen-bond acceptors (Lipinski definition) is 2. The van der Waals surface area contributed by atoms with E-state index < -0.39 is 0 Å². The molecular weight excluding hydrogens is 189 g/mol. The molecule has 1 fully saturated rings. The van der Waals surface area contributed by atoms with Crippen molar-refractivity contribution >= 4 is 30.5 Å². The van der Waals surface area contributed by atoms with Crippen LogP contribution in [0.15, 0.2) is 0 Å². The molecule has 1 aliphatic rings. The summed E-state index contributed by atoms with van der Waals surface area (Å²) in [4.78, 5) is 10.1. The van der Waals surface area contributed by atoms with E-state index in [2.05, 4.69) is 0 Å². The van der Waals surface area contributed by atoms with Crippen molar-refractivity contribution in [3.63, 3.8) is 0 Å². The molecule has 0 unspecified atom stereocenters. The van der Waals surface area contributed by atoms with Crippen molar-refractivity contribution < 1.29 is 13.5 Å². The lowest BCUT2D eigenvalue weighted by molar-refractivity contribution is -0.815. The third kappa shape index (κ3) is 3.38. The summed E-state index contributed by atoms with van der Waals surface area (Å²) < 4.78 is 5.42. The van der Waals surface area contributed by atoms with Crippen LogP contribution in [0.3, 0.4) is 0 Å². The lowest BCUT2D eigenvalue weighted by Gasteiger charge is -2.30. The molecule has 1 rings (SSSR count). The molecule has 0 N–H and O–H groups in total. The first kappa shape index (κ1) is 11.2. The average molecular weight is 201 g/mol. The zero-order valence-corrected chi connectivity index (χ0v) is 7.74. The normalized spacial score (nSPS) is 21.9. The van der Waals surface area contributed by atoms with Gasteiger partial charge in [0.15, 0.2) is 24.6 Å². The molecule has 0 amide bonds. The number of hydrogen-bond donors (Lipinski definition) is 0. The van der Waals surface area contributed by atoms with Crippen LogP contribution in [-0.4, -0.2) is 43.1 Å². The predicted octanol–water partition coefficient (Wildman–Crippen LogP) is 0.608. The van der Waals surface area contributed by atoms with Crippen molar-refractivity contribution in [2.45, 2.75) is 0 Å². The minimum atomic E-state index is 0. The molecule has 0 saturated carbocycles. The molecule has 1 heterocycles. The maximum atomic E-state index is 10.1. The van der Waals surface area contributed by atoms with E-state index in [4.69, 9.17) is 16.5 Å². The molecule has 0 spiro atoms. The number of carbonyl (C=O) groups excluding carboxylic acids is 1. The van der Waals surface area contributed by atoms with Crippen LogP contribution in [0, 0.1) is 0 Å². The molecule has 5 heteroatoms. The molecule has 66 valence electrons.